The van der Waals surface area contributed by atoms with E-state index in [4.69, 9.17) is 24.0 Å². The van der Waals surface area contributed by atoms with Crippen molar-refractivity contribution in [2.24, 2.45) is 0 Å². The number of aromatic amines is 1. The number of anilines is 1. The minimum absolute atomic E-state index is 0.0802. The van der Waals surface area contributed by atoms with Gasteiger partial charge in [0, 0.05) is 16.7 Å². The maximum atomic E-state index is 10.6. The van der Waals surface area contributed by atoms with Gasteiger partial charge in [-0.25, -0.2) is 4.57 Å². The maximum absolute atomic E-state index is 10.6. The molecule has 4 unspecified atom stereocenters. The molecule has 3 aromatic rings. The summed E-state index contributed by atoms with van der Waals surface area (Å²) in [5, 5.41) is 23.5. The van der Waals surface area contributed by atoms with Crippen LogP contribution in [0.1, 0.15) is 10.9 Å². The van der Waals surface area contributed by atoms with Crippen LogP contribution in [0.2, 0.25) is 5.28 Å². The van der Waals surface area contributed by atoms with Crippen molar-refractivity contribution in [3.63, 3.8) is 0 Å². The number of rotatable bonds is 7. The Labute approximate surface area is 198 Å². The number of fused-ring (bicyclic) bond motifs is 1. The zero-order valence-corrected chi connectivity index (χ0v) is 19.3. The lowest BCUT2D eigenvalue weighted by atomic mass is 9.72. The van der Waals surface area contributed by atoms with Gasteiger partial charge in [0.25, 0.3) is 0 Å². The molecule has 0 amide bonds. The average molecular weight is 555 g/mol. The molecule has 30 heavy (non-hydrogen) atoms. The Morgan fingerprint density at radius 1 is 1.37 bits per heavy atom. The van der Waals surface area contributed by atoms with E-state index in [-0.39, 0.29) is 17.1 Å². The number of thioether (sulfide) groups is 1. The van der Waals surface area contributed by atoms with Crippen molar-refractivity contribution >= 4 is 78.0 Å². The number of nitrogens with one attached hydrogen (secondary N) is 2. The van der Waals surface area contributed by atoms with Crippen molar-refractivity contribution in [3.8, 4) is 0 Å². The predicted molar refractivity (Wildman–Crippen MR) is 125 cm³/mol. The van der Waals surface area contributed by atoms with Gasteiger partial charge < -0.3 is 20.2 Å². The molecule has 4 N–H and O–H groups in total. The highest BCUT2D eigenvalue weighted by atomic mass is 127. The summed E-state index contributed by atoms with van der Waals surface area (Å²) in [6, 6.07) is 8.13. The number of H-pyrrole nitrogens is 1. The lowest BCUT2D eigenvalue weighted by Crippen LogP contribution is -2.44. The van der Waals surface area contributed by atoms with E-state index < -0.39 is 17.6 Å². The van der Waals surface area contributed by atoms with E-state index in [1.54, 1.807) is 10.9 Å². The summed E-state index contributed by atoms with van der Waals surface area (Å²) in [5.41, 5.74) is 2.28. The van der Waals surface area contributed by atoms with Crippen LogP contribution in [0.3, 0.4) is 0 Å². The molecule has 13 heteroatoms. The summed E-state index contributed by atoms with van der Waals surface area (Å²) in [4.78, 5) is 11.8. The summed E-state index contributed by atoms with van der Waals surface area (Å²) in [7, 11) is 6.33. The van der Waals surface area contributed by atoms with Gasteiger partial charge in [0.05, 0.1) is 19.1 Å². The van der Waals surface area contributed by atoms with Gasteiger partial charge in [-0.2, -0.15) is 4.98 Å². The van der Waals surface area contributed by atoms with Crippen molar-refractivity contribution in [3.05, 3.63) is 45.0 Å². The molecule has 0 spiro atoms. The second kappa shape index (κ2) is 9.61. The Morgan fingerprint density at radius 3 is 2.97 bits per heavy atom. The molecule has 3 radical (unpaired) electrons. The fourth-order valence-electron chi connectivity index (χ4n) is 3.34. The van der Waals surface area contributed by atoms with Gasteiger partial charge in [-0.15, -0.1) is 11.8 Å². The zero-order chi connectivity index (χ0) is 21.3. The number of aliphatic hydroxyl groups excluding tert-OH is 2. The topological polar surface area (TPSA) is 107 Å². The number of halogens is 2. The van der Waals surface area contributed by atoms with Gasteiger partial charge in [-0.1, -0.05) is 17.1 Å². The molecule has 4 atom stereocenters. The minimum Gasteiger partial charge on any atom is -0.451 e. The summed E-state index contributed by atoms with van der Waals surface area (Å²) in [5.74, 6) is 0.554. The van der Waals surface area contributed by atoms with Gasteiger partial charge in [-0.05, 0) is 51.9 Å². The van der Waals surface area contributed by atoms with Crippen molar-refractivity contribution in [2.45, 2.75) is 29.4 Å². The standard InChI is InChI=1S/C17H16B2ClIN5O3S/c18-19-29-6-10-12(27)13(28)16(30-10)26-7-23-11-14(24-17(20)25-15(11)26)22-5-8-2-1-3-9(21)4-8/h1-4,7,10,12-13,16,27-28H,5-6H2,(H,22,24,25)/p+1. The number of benzene rings is 1. The number of hydrogen-bond donors (Lipinski definition) is 4. The molecule has 1 aliphatic heterocycles. The molecular formula is C17H17B2ClIN5O3S+. The molecule has 4 rings (SSSR count). The van der Waals surface area contributed by atoms with Crippen LogP contribution in [-0.4, -0.2) is 64.3 Å². The van der Waals surface area contributed by atoms with E-state index in [1.165, 1.54) is 11.8 Å². The lowest BCUT2D eigenvalue weighted by molar-refractivity contribution is -0.683. The predicted octanol–water partition coefficient (Wildman–Crippen LogP) is 1.17. The highest BCUT2D eigenvalue weighted by molar-refractivity contribution is 14.1. The number of hydrogen-bond acceptors (Lipinski definition) is 7. The molecular weight excluding hydrogens is 538 g/mol. The lowest BCUT2D eigenvalue weighted by Gasteiger charge is -2.14. The molecule has 153 valence electrons. The fraction of sp³-hybridized carbons (Fsp3) is 0.353. The third-order valence-corrected chi connectivity index (χ3v) is 7.16. The van der Waals surface area contributed by atoms with Crippen LogP contribution in [0.5, 0.6) is 0 Å². The van der Waals surface area contributed by atoms with Crippen LogP contribution in [0.25, 0.3) is 11.2 Å². The van der Waals surface area contributed by atoms with E-state index >= 15 is 0 Å². The Kier molecular flexibility index (Phi) is 7.10. The third kappa shape index (κ3) is 4.58. The van der Waals surface area contributed by atoms with Crippen molar-refractivity contribution in [1.82, 2.24) is 15.0 Å². The van der Waals surface area contributed by atoms with Crippen LogP contribution in [-0.2, 0) is 11.2 Å². The van der Waals surface area contributed by atoms with Crippen LogP contribution in [0.4, 0.5) is 5.82 Å². The van der Waals surface area contributed by atoms with Crippen LogP contribution >= 0.6 is 46.0 Å². The van der Waals surface area contributed by atoms with Crippen LogP contribution in [0.15, 0.2) is 30.6 Å². The van der Waals surface area contributed by atoms with E-state index in [0.717, 1.165) is 16.5 Å². The van der Waals surface area contributed by atoms with Crippen LogP contribution < -0.4 is 9.88 Å². The second-order valence-corrected chi connectivity index (χ2v) is 9.66. The zero-order valence-electron chi connectivity index (χ0n) is 15.6. The normalized spacial score (nSPS) is 23.7. The summed E-state index contributed by atoms with van der Waals surface area (Å²) < 4.78 is 8.00. The largest absolute Gasteiger partial charge is 0.451 e. The summed E-state index contributed by atoms with van der Waals surface area (Å²) >= 11 is 9.83. The third-order valence-electron chi connectivity index (χ3n) is 4.77. The Morgan fingerprint density at radius 2 is 2.20 bits per heavy atom. The van der Waals surface area contributed by atoms with Crippen molar-refractivity contribution in [1.29, 1.82) is 0 Å². The molecule has 1 aromatic carbocycles. The van der Waals surface area contributed by atoms with Crippen molar-refractivity contribution < 1.29 is 19.4 Å². The summed E-state index contributed by atoms with van der Waals surface area (Å²) in [6.07, 6.45) is -0.284. The first-order chi connectivity index (χ1) is 14.5. The van der Waals surface area contributed by atoms with Crippen LogP contribution in [0, 0.1) is 3.57 Å². The smallest absolute Gasteiger partial charge is 0.310 e. The molecule has 1 fully saturated rings. The molecule has 0 saturated carbocycles. The first-order valence-electron chi connectivity index (χ1n) is 9.08. The Bertz CT molecular complexity index is 1050. The molecule has 0 aliphatic carbocycles. The van der Waals surface area contributed by atoms with Gasteiger partial charge in [0.2, 0.25) is 12.9 Å². The molecule has 1 aliphatic rings. The van der Waals surface area contributed by atoms with E-state index in [1.807, 2.05) is 18.2 Å². The van der Waals surface area contributed by atoms with Crippen molar-refractivity contribution in [2.75, 3.05) is 11.9 Å². The molecule has 3 heterocycles. The quantitative estimate of drug-likeness (QED) is 0.150. The summed E-state index contributed by atoms with van der Waals surface area (Å²) in [6.45, 7) is 0.754. The first kappa shape index (κ1) is 22.2. The van der Waals surface area contributed by atoms with E-state index in [0.29, 0.717) is 23.5 Å². The monoisotopic (exact) mass is 555 g/mol. The number of aromatic nitrogens is 4. The average Bonchev–Trinajstić information content (AvgIpc) is 3.26. The highest BCUT2D eigenvalue weighted by Crippen LogP contribution is 2.39. The van der Waals surface area contributed by atoms with Gasteiger partial charge in [-0.3, -0.25) is 4.98 Å². The molecule has 2 aromatic heterocycles. The Balaban J connectivity index is 1.60. The molecule has 1 saturated heterocycles. The molecule has 0 bridgehead atoms. The molecule has 8 nitrogen and oxygen atoms in total. The number of nitrogens with zero attached hydrogens (tertiary/aromatic N) is 3. The van der Waals surface area contributed by atoms with Gasteiger partial charge in [0.1, 0.15) is 6.10 Å². The minimum atomic E-state index is -1.01. The number of aliphatic hydroxyl groups is 2. The second-order valence-electron chi connectivity index (χ2n) is 6.72. The SMILES string of the molecule is [B][B]OCC1SC([n+]2c[nH]c3c(NCc4cccc(I)c4)nc(Cl)nc32)C(O)C1O. The maximum Gasteiger partial charge on any atom is 0.310 e. The van der Waals surface area contributed by atoms with Gasteiger partial charge >= 0.3 is 10.9 Å². The van der Waals surface area contributed by atoms with Gasteiger partial charge in [0.15, 0.2) is 17.5 Å². The first-order valence-corrected chi connectivity index (χ1v) is 11.5. The fourth-order valence-corrected chi connectivity index (χ4v) is 5.56. The Hall–Kier alpha value is -1.05. The highest BCUT2D eigenvalue weighted by Gasteiger charge is 2.46. The number of imidazole rings is 1. The van der Waals surface area contributed by atoms with E-state index in [9.17, 15) is 10.2 Å². The van der Waals surface area contributed by atoms with E-state index in [2.05, 4.69) is 48.9 Å².